The van der Waals surface area contributed by atoms with Gasteiger partial charge in [0, 0.05) is 12.3 Å². The van der Waals surface area contributed by atoms with Gasteiger partial charge in [0.25, 0.3) is 0 Å². The van der Waals surface area contributed by atoms with Crippen LogP contribution >= 0.6 is 0 Å². The number of aliphatic carboxylic acids is 1. The molecule has 92 valence electrons. The van der Waals surface area contributed by atoms with Gasteiger partial charge < -0.3 is 14.9 Å². The zero-order valence-electron chi connectivity index (χ0n) is 9.64. The summed E-state index contributed by atoms with van der Waals surface area (Å²) in [6.45, 7) is 1.21. The molecule has 0 aromatic heterocycles. The van der Waals surface area contributed by atoms with Crippen molar-refractivity contribution in [1.29, 1.82) is 0 Å². The number of carbonyl (C=O) groups is 2. The Morgan fingerprint density at radius 2 is 2.18 bits per heavy atom. The number of aliphatic hydroxyl groups is 1. The van der Waals surface area contributed by atoms with Crippen molar-refractivity contribution in [2.45, 2.75) is 13.3 Å². The Bertz CT molecular complexity index is 412. The van der Waals surface area contributed by atoms with Crippen LogP contribution in [-0.2, 0) is 14.3 Å². The van der Waals surface area contributed by atoms with Crippen LogP contribution < -0.4 is 0 Å². The van der Waals surface area contributed by atoms with Crippen molar-refractivity contribution < 1.29 is 24.5 Å². The fourth-order valence-electron chi connectivity index (χ4n) is 1.55. The van der Waals surface area contributed by atoms with Crippen molar-refractivity contribution >= 4 is 11.8 Å². The maximum absolute atomic E-state index is 11.1. The molecule has 1 unspecified atom stereocenters. The van der Waals surface area contributed by atoms with E-state index in [0.717, 1.165) is 0 Å². The lowest BCUT2D eigenvalue weighted by Crippen LogP contribution is -2.12. The second-order valence-electron chi connectivity index (χ2n) is 3.68. The van der Waals surface area contributed by atoms with Crippen LogP contribution in [0.1, 0.15) is 13.3 Å². The lowest BCUT2D eigenvalue weighted by atomic mass is 9.95. The van der Waals surface area contributed by atoms with Gasteiger partial charge in [-0.3, -0.25) is 4.79 Å². The highest BCUT2D eigenvalue weighted by Gasteiger charge is 2.19. The molecular formula is C12H14O5. The molecule has 0 saturated heterocycles. The minimum atomic E-state index is -1.25. The van der Waals surface area contributed by atoms with Crippen LogP contribution in [0.15, 0.2) is 35.3 Å². The van der Waals surface area contributed by atoms with Crippen molar-refractivity contribution in [3.63, 3.8) is 0 Å². The average Bonchev–Trinajstić information content (AvgIpc) is 2.26. The number of allylic oxidation sites excluding steroid dienone is 4. The molecule has 0 aromatic carbocycles. The molecular weight excluding hydrogens is 224 g/mol. The maximum Gasteiger partial charge on any atom is 0.339 e. The Morgan fingerprint density at radius 1 is 1.53 bits per heavy atom. The molecule has 0 fully saturated rings. The molecule has 0 saturated carbocycles. The van der Waals surface area contributed by atoms with Gasteiger partial charge in [-0.05, 0) is 13.0 Å². The lowest BCUT2D eigenvalue weighted by Gasteiger charge is -2.16. The van der Waals surface area contributed by atoms with E-state index in [4.69, 9.17) is 9.84 Å². The summed E-state index contributed by atoms with van der Waals surface area (Å²) in [6, 6.07) is 0. The Kier molecular flexibility index (Phi) is 4.09. The van der Waals surface area contributed by atoms with Gasteiger partial charge >= 0.3 is 5.97 Å². The van der Waals surface area contributed by atoms with E-state index in [1.165, 1.54) is 26.2 Å². The minimum absolute atomic E-state index is 0.0249. The largest absolute Gasteiger partial charge is 0.504 e. The standard InChI is InChI=1S/C12H14O5/c1-7(13)9(12(15)16)5-8-3-4-10(14)11(6-8)17-2/h3-5,8,14H,6H2,1-2H3,(H,15,16)/b9-5+. The predicted molar refractivity (Wildman–Crippen MR) is 60.3 cm³/mol. The van der Waals surface area contributed by atoms with E-state index in [1.54, 1.807) is 6.08 Å². The highest BCUT2D eigenvalue weighted by atomic mass is 16.5. The second-order valence-corrected chi connectivity index (χ2v) is 3.68. The summed E-state index contributed by atoms with van der Waals surface area (Å²) in [4.78, 5) is 21.9. The molecule has 17 heavy (non-hydrogen) atoms. The normalized spacial score (nSPS) is 20.4. The van der Waals surface area contributed by atoms with E-state index in [9.17, 15) is 14.7 Å². The van der Waals surface area contributed by atoms with E-state index in [0.29, 0.717) is 12.2 Å². The third kappa shape index (κ3) is 3.21. The molecule has 0 spiro atoms. The summed E-state index contributed by atoms with van der Waals surface area (Å²) in [7, 11) is 1.43. The van der Waals surface area contributed by atoms with Crippen molar-refractivity contribution in [1.82, 2.24) is 0 Å². The smallest absolute Gasteiger partial charge is 0.339 e. The van der Waals surface area contributed by atoms with Gasteiger partial charge in [0.1, 0.15) is 5.76 Å². The van der Waals surface area contributed by atoms with Crippen LogP contribution in [0.5, 0.6) is 0 Å². The summed E-state index contributed by atoms with van der Waals surface area (Å²) in [5.41, 5.74) is -0.253. The summed E-state index contributed by atoms with van der Waals surface area (Å²) in [5.74, 6) is -1.61. The van der Waals surface area contributed by atoms with E-state index in [1.807, 2.05) is 0 Å². The van der Waals surface area contributed by atoms with E-state index in [2.05, 4.69) is 0 Å². The quantitative estimate of drug-likeness (QED) is 0.441. The minimum Gasteiger partial charge on any atom is -0.504 e. The zero-order valence-corrected chi connectivity index (χ0v) is 9.64. The summed E-state index contributed by atoms with van der Waals surface area (Å²) < 4.78 is 4.95. The summed E-state index contributed by atoms with van der Waals surface area (Å²) in [6.07, 6.45) is 4.77. The Hall–Kier alpha value is -2.04. The number of ketones is 1. The van der Waals surface area contributed by atoms with Crippen LogP contribution in [0, 0.1) is 5.92 Å². The first-order chi connectivity index (χ1) is 7.95. The van der Waals surface area contributed by atoms with Crippen LogP contribution in [0.4, 0.5) is 0 Å². The Morgan fingerprint density at radius 3 is 2.65 bits per heavy atom. The fourth-order valence-corrected chi connectivity index (χ4v) is 1.55. The van der Waals surface area contributed by atoms with E-state index >= 15 is 0 Å². The number of hydrogen-bond acceptors (Lipinski definition) is 4. The summed E-state index contributed by atoms with van der Waals surface area (Å²) in [5, 5.41) is 18.2. The molecule has 0 bridgehead atoms. The number of carboxylic acid groups (broad SMARTS) is 1. The summed E-state index contributed by atoms with van der Waals surface area (Å²) >= 11 is 0. The number of hydrogen-bond donors (Lipinski definition) is 2. The molecule has 0 amide bonds. The molecule has 0 heterocycles. The number of aliphatic hydroxyl groups excluding tert-OH is 1. The number of ether oxygens (including phenoxy) is 1. The number of Topliss-reactive ketones (excluding diaryl/α,β-unsaturated/α-hetero) is 1. The van der Waals surface area contributed by atoms with Crippen LogP contribution in [0.3, 0.4) is 0 Å². The molecule has 0 aliphatic heterocycles. The molecule has 0 aromatic rings. The lowest BCUT2D eigenvalue weighted by molar-refractivity contribution is -0.134. The van der Waals surface area contributed by atoms with Gasteiger partial charge in [0.05, 0.1) is 12.7 Å². The average molecular weight is 238 g/mol. The molecule has 1 aliphatic carbocycles. The fraction of sp³-hybridized carbons (Fsp3) is 0.333. The number of methoxy groups -OCH3 is 1. The molecule has 5 nitrogen and oxygen atoms in total. The molecule has 2 N–H and O–H groups in total. The van der Waals surface area contributed by atoms with E-state index < -0.39 is 11.8 Å². The molecule has 5 heteroatoms. The van der Waals surface area contributed by atoms with Gasteiger partial charge in [-0.25, -0.2) is 4.79 Å². The van der Waals surface area contributed by atoms with Crippen LogP contribution in [-0.4, -0.2) is 29.1 Å². The van der Waals surface area contributed by atoms with E-state index in [-0.39, 0.29) is 17.3 Å². The number of rotatable bonds is 4. The Labute approximate surface area is 98.7 Å². The predicted octanol–water partition coefficient (Wildman–Crippen LogP) is 1.58. The zero-order chi connectivity index (χ0) is 13.0. The SMILES string of the molecule is COC1=C(O)C=CC(/C=C(\C(C)=O)C(=O)O)C1. The highest BCUT2D eigenvalue weighted by molar-refractivity contribution is 6.15. The van der Waals surface area contributed by atoms with Crippen molar-refractivity contribution in [3.05, 3.63) is 35.3 Å². The molecule has 0 radical (unpaired) electrons. The van der Waals surface area contributed by atoms with Crippen molar-refractivity contribution in [2.24, 2.45) is 5.92 Å². The first kappa shape index (κ1) is 13.0. The molecule has 1 atom stereocenters. The van der Waals surface area contributed by atoms with Crippen molar-refractivity contribution in [3.8, 4) is 0 Å². The highest BCUT2D eigenvalue weighted by Crippen LogP contribution is 2.24. The van der Waals surface area contributed by atoms with Crippen LogP contribution in [0.25, 0.3) is 0 Å². The van der Waals surface area contributed by atoms with Gasteiger partial charge in [-0.1, -0.05) is 12.2 Å². The van der Waals surface area contributed by atoms with Crippen LogP contribution in [0.2, 0.25) is 0 Å². The topological polar surface area (TPSA) is 83.8 Å². The van der Waals surface area contributed by atoms with Gasteiger partial charge in [0.15, 0.2) is 11.5 Å². The number of carboxylic acids is 1. The second kappa shape index (κ2) is 5.34. The first-order valence-corrected chi connectivity index (χ1v) is 5.06. The number of carbonyl (C=O) groups excluding carboxylic acids is 1. The maximum atomic E-state index is 11.1. The monoisotopic (exact) mass is 238 g/mol. The van der Waals surface area contributed by atoms with Gasteiger partial charge in [-0.2, -0.15) is 0 Å². The van der Waals surface area contributed by atoms with Crippen molar-refractivity contribution in [2.75, 3.05) is 7.11 Å². The third-order valence-electron chi connectivity index (χ3n) is 2.44. The first-order valence-electron chi connectivity index (χ1n) is 5.06. The van der Waals surface area contributed by atoms with Gasteiger partial charge in [0.2, 0.25) is 0 Å². The Balaban J connectivity index is 2.92. The van der Waals surface area contributed by atoms with Gasteiger partial charge in [-0.15, -0.1) is 0 Å². The molecule has 1 rings (SSSR count). The molecule has 1 aliphatic rings. The third-order valence-corrected chi connectivity index (χ3v) is 2.44.